The Morgan fingerprint density at radius 3 is 2.18 bits per heavy atom. The van der Waals surface area contributed by atoms with Gasteiger partial charge in [0.25, 0.3) is 0 Å². The van der Waals surface area contributed by atoms with E-state index in [4.69, 9.17) is 0 Å². The zero-order valence-electron chi connectivity index (χ0n) is 11.1. The molecule has 1 N–H and O–H groups in total. The van der Waals surface area contributed by atoms with Gasteiger partial charge in [0.05, 0.1) is 5.92 Å². The Balaban J connectivity index is 5.01. The van der Waals surface area contributed by atoms with Crippen molar-refractivity contribution in [2.45, 2.75) is 33.6 Å². The second-order valence-electron chi connectivity index (χ2n) is 4.84. The maximum atomic E-state index is 11.8. The molecular formula is C13H23NO3. The van der Waals surface area contributed by atoms with Gasteiger partial charge in [-0.15, -0.1) is 6.58 Å². The van der Waals surface area contributed by atoms with Crippen molar-refractivity contribution in [1.82, 2.24) is 5.06 Å². The molecule has 0 fully saturated rings. The lowest BCUT2D eigenvalue weighted by Gasteiger charge is -2.26. The zero-order chi connectivity index (χ0) is 13.6. The highest BCUT2D eigenvalue weighted by molar-refractivity contribution is 5.87. The van der Waals surface area contributed by atoms with Crippen LogP contribution in [-0.4, -0.2) is 29.0 Å². The minimum atomic E-state index is -0.512. The Hall–Kier alpha value is -1.16. The predicted molar refractivity (Wildman–Crippen MR) is 66.5 cm³/mol. The molecule has 2 atom stereocenters. The second-order valence-corrected chi connectivity index (χ2v) is 4.84. The fourth-order valence-corrected chi connectivity index (χ4v) is 1.98. The highest BCUT2D eigenvalue weighted by Gasteiger charge is 2.32. The summed E-state index contributed by atoms with van der Waals surface area (Å²) in [5.41, 5.74) is 0. The number of carbonyl (C=O) groups excluding carboxylic acids is 2. The second kappa shape index (κ2) is 7.22. The first-order valence-corrected chi connectivity index (χ1v) is 5.89. The largest absolute Gasteiger partial charge is 0.300 e. The first-order chi connectivity index (χ1) is 7.81. The summed E-state index contributed by atoms with van der Waals surface area (Å²) < 4.78 is 0. The Labute approximate surface area is 103 Å². The quantitative estimate of drug-likeness (QED) is 0.422. The minimum Gasteiger partial charge on any atom is -0.300 e. The van der Waals surface area contributed by atoms with Gasteiger partial charge in [-0.05, 0) is 25.7 Å². The van der Waals surface area contributed by atoms with Crippen molar-refractivity contribution in [2.75, 3.05) is 7.05 Å². The van der Waals surface area contributed by atoms with Crippen LogP contribution in [0.5, 0.6) is 0 Å². The third-order valence-electron chi connectivity index (χ3n) is 2.79. The molecule has 0 aliphatic carbocycles. The standard InChI is InChI=1S/C13H23NO3/c1-6-7-11(13(16)14(5)17)12(10(4)15)8-9(2)3/h6,9,11-12,17H,1,7-8H2,2-5H3/t11-,12-/m0/s1. The smallest absolute Gasteiger partial charge is 0.249 e. The molecule has 0 aromatic carbocycles. The van der Waals surface area contributed by atoms with Crippen molar-refractivity contribution in [3.05, 3.63) is 12.7 Å². The summed E-state index contributed by atoms with van der Waals surface area (Å²) in [6.07, 6.45) is 2.66. The first kappa shape index (κ1) is 15.8. The van der Waals surface area contributed by atoms with E-state index in [0.29, 0.717) is 23.8 Å². The van der Waals surface area contributed by atoms with Gasteiger partial charge < -0.3 is 0 Å². The molecule has 0 aromatic heterocycles. The van der Waals surface area contributed by atoms with Crippen LogP contribution < -0.4 is 0 Å². The number of Topliss-reactive ketones (excluding diaryl/α,β-unsaturated/α-hetero) is 1. The number of carbonyl (C=O) groups is 2. The first-order valence-electron chi connectivity index (χ1n) is 5.89. The lowest BCUT2D eigenvalue weighted by Crippen LogP contribution is -2.37. The predicted octanol–water partition coefficient (Wildman–Crippen LogP) is 2.28. The summed E-state index contributed by atoms with van der Waals surface area (Å²) in [5.74, 6) is -0.975. The lowest BCUT2D eigenvalue weighted by atomic mass is 9.80. The molecule has 4 heteroatoms. The summed E-state index contributed by atoms with van der Waals surface area (Å²) >= 11 is 0. The number of nitrogens with zero attached hydrogens (tertiary/aromatic N) is 1. The average molecular weight is 241 g/mol. The van der Waals surface area contributed by atoms with Crippen LogP contribution in [-0.2, 0) is 9.59 Å². The minimum absolute atomic E-state index is 0.0132. The van der Waals surface area contributed by atoms with Crippen molar-refractivity contribution in [1.29, 1.82) is 0 Å². The number of hydrogen-bond acceptors (Lipinski definition) is 3. The summed E-state index contributed by atoms with van der Waals surface area (Å²) in [5, 5.41) is 9.78. The van der Waals surface area contributed by atoms with Crippen LogP contribution in [0.4, 0.5) is 0 Å². The molecule has 0 aliphatic rings. The van der Waals surface area contributed by atoms with Gasteiger partial charge in [0, 0.05) is 13.0 Å². The van der Waals surface area contributed by atoms with Gasteiger partial charge in [-0.25, -0.2) is 5.06 Å². The van der Waals surface area contributed by atoms with Gasteiger partial charge in [-0.2, -0.15) is 0 Å². The molecule has 98 valence electrons. The van der Waals surface area contributed by atoms with Gasteiger partial charge in [-0.3, -0.25) is 14.8 Å². The number of rotatable bonds is 7. The van der Waals surface area contributed by atoms with Gasteiger partial charge in [0.1, 0.15) is 5.78 Å². The monoisotopic (exact) mass is 241 g/mol. The van der Waals surface area contributed by atoms with Gasteiger partial charge in [0.2, 0.25) is 5.91 Å². The van der Waals surface area contributed by atoms with Crippen LogP contribution >= 0.6 is 0 Å². The lowest BCUT2D eigenvalue weighted by molar-refractivity contribution is -0.167. The number of ketones is 1. The molecule has 17 heavy (non-hydrogen) atoms. The third-order valence-corrected chi connectivity index (χ3v) is 2.79. The van der Waals surface area contributed by atoms with E-state index in [2.05, 4.69) is 6.58 Å². The third kappa shape index (κ3) is 5.13. The van der Waals surface area contributed by atoms with Crippen molar-refractivity contribution in [3.63, 3.8) is 0 Å². The summed E-state index contributed by atoms with van der Waals surface area (Å²) in [4.78, 5) is 23.5. The number of amides is 1. The number of hydroxylamine groups is 2. The molecular weight excluding hydrogens is 218 g/mol. The van der Waals surface area contributed by atoms with E-state index in [0.717, 1.165) is 0 Å². The van der Waals surface area contributed by atoms with Gasteiger partial charge >= 0.3 is 0 Å². The molecule has 0 saturated carbocycles. The van der Waals surface area contributed by atoms with Crippen molar-refractivity contribution in [2.24, 2.45) is 17.8 Å². The molecule has 0 spiro atoms. The molecule has 0 bridgehead atoms. The van der Waals surface area contributed by atoms with E-state index in [1.807, 2.05) is 13.8 Å². The summed E-state index contributed by atoms with van der Waals surface area (Å²) in [6, 6.07) is 0. The van der Waals surface area contributed by atoms with Crippen LogP contribution in [0, 0.1) is 17.8 Å². The van der Waals surface area contributed by atoms with Crippen LogP contribution in [0.1, 0.15) is 33.6 Å². The van der Waals surface area contributed by atoms with E-state index in [-0.39, 0.29) is 11.7 Å². The molecule has 0 rings (SSSR count). The van der Waals surface area contributed by atoms with E-state index in [1.165, 1.54) is 14.0 Å². The molecule has 0 aromatic rings. The maximum absolute atomic E-state index is 11.8. The Morgan fingerprint density at radius 2 is 1.88 bits per heavy atom. The molecule has 0 unspecified atom stereocenters. The molecule has 1 amide bonds. The molecule has 0 aliphatic heterocycles. The molecule has 0 heterocycles. The summed E-state index contributed by atoms with van der Waals surface area (Å²) in [7, 11) is 1.28. The van der Waals surface area contributed by atoms with E-state index in [1.54, 1.807) is 6.08 Å². The SMILES string of the molecule is C=CC[C@H](C(=O)N(C)O)[C@@H](CC(C)C)C(C)=O. The van der Waals surface area contributed by atoms with Crippen LogP contribution in [0.25, 0.3) is 0 Å². The van der Waals surface area contributed by atoms with E-state index >= 15 is 0 Å². The average Bonchev–Trinajstić information content (AvgIpc) is 2.21. The van der Waals surface area contributed by atoms with E-state index in [9.17, 15) is 14.8 Å². The van der Waals surface area contributed by atoms with Crippen molar-refractivity contribution >= 4 is 11.7 Å². The van der Waals surface area contributed by atoms with Crippen LogP contribution in [0.3, 0.4) is 0 Å². The number of allylic oxidation sites excluding steroid dienone is 1. The van der Waals surface area contributed by atoms with Gasteiger partial charge in [0.15, 0.2) is 0 Å². The van der Waals surface area contributed by atoms with E-state index < -0.39 is 11.8 Å². The Kier molecular flexibility index (Phi) is 6.73. The van der Waals surface area contributed by atoms with Crippen molar-refractivity contribution in [3.8, 4) is 0 Å². The topological polar surface area (TPSA) is 57.6 Å². The van der Waals surface area contributed by atoms with Crippen molar-refractivity contribution < 1.29 is 14.8 Å². The van der Waals surface area contributed by atoms with Crippen LogP contribution in [0.15, 0.2) is 12.7 Å². The molecule has 0 radical (unpaired) electrons. The normalized spacial score (nSPS) is 14.2. The van der Waals surface area contributed by atoms with Crippen LogP contribution in [0.2, 0.25) is 0 Å². The Morgan fingerprint density at radius 1 is 1.35 bits per heavy atom. The highest BCUT2D eigenvalue weighted by Crippen LogP contribution is 2.26. The molecule has 4 nitrogen and oxygen atoms in total. The number of hydrogen-bond donors (Lipinski definition) is 1. The van der Waals surface area contributed by atoms with Gasteiger partial charge in [-0.1, -0.05) is 19.9 Å². The summed E-state index contributed by atoms with van der Waals surface area (Å²) in [6.45, 7) is 9.11. The zero-order valence-corrected chi connectivity index (χ0v) is 11.1. The fourth-order valence-electron chi connectivity index (χ4n) is 1.98. The fraction of sp³-hybridized carbons (Fsp3) is 0.692. The molecule has 0 saturated heterocycles. The maximum Gasteiger partial charge on any atom is 0.249 e. The highest BCUT2D eigenvalue weighted by atomic mass is 16.5. The Bertz CT molecular complexity index is 284.